The number of hydrogen-bond acceptors (Lipinski definition) is 3. The monoisotopic (exact) mass is 251 g/mol. The SMILES string of the molecule is CC(C)C[C@@H]1C[C@H](NCc2cnn(C)c2)CCO1. The molecule has 0 radical (unpaired) electrons. The predicted molar refractivity (Wildman–Crippen MR) is 72.3 cm³/mol. The number of hydrogen-bond donors (Lipinski definition) is 1. The minimum absolute atomic E-state index is 0.435. The second kappa shape index (κ2) is 6.34. The van der Waals surface area contributed by atoms with Gasteiger partial charge in [-0.15, -0.1) is 0 Å². The molecule has 1 aliphatic heterocycles. The van der Waals surface area contributed by atoms with E-state index >= 15 is 0 Å². The number of aryl methyl sites for hydroxylation is 1. The first-order valence-corrected chi connectivity index (χ1v) is 6.96. The average Bonchev–Trinajstić information content (AvgIpc) is 2.72. The van der Waals surface area contributed by atoms with E-state index in [1.165, 1.54) is 12.0 Å². The van der Waals surface area contributed by atoms with Crippen molar-refractivity contribution in [1.82, 2.24) is 15.1 Å². The molecule has 0 spiro atoms. The van der Waals surface area contributed by atoms with E-state index in [0.29, 0.717) is 18.1 Å². The molecule has 0 aliphatic carbocycles. The van der Waals surface area contributed by atoms with Gasteiger partial charge in [-0.2, -0.15) is 5.10 Å². The van der Waals surface area contributed by atoms with Crippen molar-refractivity contribution in [1.29, 1.82) is 0 Å². The van der Waals surface area contributed by atoms with Crippen molar-refractivity contribution in [2.75, 3.05) is 6.61 Å². The Hall–Kier alpha value is -0.870. The largest absolute Gasteiger partial charge is 0.378 e. The molecule has 0 saturated carbocycles. The number of nitrogens with one attached hydrogen (secondary N) is 1. The zero-order valence-corrected chi connectivity index (χ0v) is 11.7. The van der Waals surface area contributed by atoms with E-state index in [1.807, 2.05) is 17.9 Å². The lowest BCUT2D eigenvalue weighted by Gasteiger charge is -2.31. The lowest BCUT2D eigenvalue weighted by atomic mass is 9.96. The molecular formula is C14H25N3O. The molecule has 1 aromatic rings. The van der Waals surface area contributed by atoms with E-state index in [4.69, 9.17) is 4.74 Å². The van der Waals surface area contributed by atoms with Gasteiger partial charge in [-0.25, -0.2) is 0 Å². The van der Waals surface area contributed by atoms with E-state index < -0.39 is 0 Å². The van der Waals surface area contributed by atoms with Crippen LogP contribution < -0.4 is 5.32 Å². The summed E-state index contributed by atoms with van der Waals surface area (Å²) in [6, 6.07) is 0.586. The summed E-state index contributed by atoms with van der Waals surface area (Å²) in [6.45, 7) is 6.32. The van der Waals surface area contributed by atoms with Gasteiger partial charge < -0.3 is 10.1 Å². The van der Waals surface area contributed by atoms with Gasteiger partial charge in [-0.3, -0.25) is 4.68 Å². The van der Waals surface area contributed by atoms with Gasteiger partial charge in [-0.05, 0) is 25.2 Å². The first-order valence-electron chi connectivity index (χ1n) is 6.96. The van der Waals surface area contributed by atoms with Gasteiger partial charge in [0.2, 0.25) is 0 Å². The van der Waals surface area contributed by atoms with Crippen molar-refractivity contribution in [2.24, 2.45) is 13.0 Å². The minimum atomic E-state index is 0.435. The highest BCUT2D eigenvalue weighted by Crippen LogP contribution is 2.20. The van der Waals surface area contributed by atoms with Crippen molar-refractivity contribution >= 4 is 0 Å². The molecule has 18 heavy (non-hydrogen) atoms. The van der Waals surface area contributed by atoms with E-state index in [2.05, 4.69) is 30.5 Å². The number of aromatic nitrogens is 2. The molecule has 0 amide bonds. The van der Waals surface area contributed by atoms with Crippen molar-refractivity contribution in [2.45, 2.75) is 51.8 Å². The van der Waals surface area contributed by atoms with Crippen LogP contribution in [0.3, 0.4) is 0 Å². The highest BCUT2D eigenvalue weighted by atomic mass is 16.5. The number of nitrogens with zero attached hydrogens (tertiary/aromatic N) is 2. The van der Waals surface area contributed by atoms with Crippen molar-refractivity contribution < 1.29 is 4.74 Å². The third-order valence-corrected chi connectivity index (χ3v) is 3.45. The Morgan fingerprint density at radius 3 is 3.06 bits per heavy atom. The van der Waals surface area contributed by atoms with E-state index in [9.17, 15) is 0 Å². The maximum atomic E-state index is 5.82. The molecule has 102 valence electrons. The summed E-state index contributed by atoms with van der Waals surface area (Å²) in [4.78, 5) is 0. The van der Waals surface area contributed by atoms with Crippen molar-refractivity contribution in [3.8, 4) is 0 Å². The van der Waals surface area contributed by atoms with Gasteiger partial charge in [0.05, 0.1) is 12.3 Å². The molecule has 4 heteroatoms. The normalized spacial score (nSPS) is 24.7. The van der Waals surface area contributed by atoms with Crippen LogP contribution in [-0.2, 0) is 18.3 Å². The third kappa shape index (κ3) is 4.10. The highest BCUT2D eigenvalue weighted by Gasteiger charge is 2.22. The Labute approximate surface area is 110 Å². The Bertz CT molecular complexity index is 362. The summed E-state index contributed by atoms with van der Waals surface area (Å²) < 4.78 is 7.67. The summed E-state index contributed by atoms with van der Waals surface area (Å²) in [6.07, 6.45) is 7.86. The van der Waals surface area contributed by atoms with Crippen LogP contribution >= 0.6 is 0 Å². The summed E-state index contributed by atoms with van der Waals surface area (Å²) in [7, 11) is 1.95. The Morgan fingerprint density at radius 2 is 2.39 bits per heavy atom. The van der Waals surface area contributed by atoms with Gasteiger partial charge in [0.1, 0.15) is 0 Å². The fourth-order valence-corrected chi connectivity index (χ4v) is 2.58. The molecule has 2 rings (SSSR count). The maximum absolute atomic E-state index is 5.82. The van der Waals surface area contributed by atoms with Gasteiger partial charge in [0.15, 0.2) is 0 Å². The number of ether oxygens (including phenoxy) is 1. The second-order valence-corrected chi connectivity index (χ2v) is 5.75. The number of rotatable bonds is 5. The lowest BCUT2D eigenvalue weighted by Crippen LogP contribution is -2.39. The molecule has 1 aromatic heterocycles. The third-order valence-electron chi connectivity index (χ3n) is 3.45. The molecule has 1 fully saturated rings. The van der Waals surface area contributed by atoms with Crippen LogP contribution in [0.15, 0.2) is 12.4 Å². The molecule has 0 unspecified atom stereocenters. The van der Waals surface area contributed by atoms with E-state index in [1.54, 1.807) is 0 Å². The Kier molecular flexibility index (Phi) is 4.78. The molecule has 1 N–H and O–H groups in total. The molecule has 2 heterocycles. The summed E-state index contributed by atoms with van der Waals surface area (Å²) >= 11 is 0. The second-order valence-electron chi connectivity index (χ2n) is 5.75. The van der Waals surface area contributed by atoms with E-state index in [-0.39, 0.29) is 0 Å². The molecular weight excluding hydrogens is 226 g/mol. The molecule has 0 bridgehead atoms. The van der Waals surface area contributed by atoms with Crippen molar-refractivity contribution in [3.05, 3.63) is 18.0 Å². The zero-order valence-electron chi connectivity index (χ0n) is 11.7. The lowest BCUT2D eigenvalue weighted by molar-refractivity contribution is -0.00957. The van der Waals surface area contributed by atoms with Gasteiger partial charge in [0, 0.05) is 38.0 Å². The Balaban J connectivity index is 1.75. The standard InChI is InChI=1S/C14H25N3O/c1-11(2)6-14-7-13(4-5-18-14)15-8-12-9-16-17(3)10-12/h9-11,13-15H,4-8H2,1-3H3/t13-,14-/m1/s1. The van der Waals surface area contributed by atoms with Gasteiger partial charge in [-0.1, -0.05) is 13.8 Å². The first-order chi connectivity index (χ1) is 8.63. The first kappa shape index (κ1) is 13.6. The average molecular weight is 251 g/mol. The van der Waals surface area contributed by atoms with Crippen LogP contribution in [-0.4, -0.2) is 28.5 Å². The molecule has 2 atom stereocenters. The molecule has 1 aliphatic rings. The minimum Gasteiger partial charge on any atom is -0.378 e. The van der Waals surface area contributed by atoms with Crippen LogP contribution in [0.4, 0.5) is 0 Å². The smallest absolute Gasteiger partial charge is 0.0592 e. The molecule has 4 nitrogen and oxygen atoms in total. The van der Waals surface area contributed by atoms with Gasteiger partial charge >= 0.3 is 0 Å². The zero-order chi connectivity index (χ0) is 13.0. The van der Waals surface area contributed by atoms with Gasteiger partial charge in [0.25, 0.3) is 0 Å². The van der Waals surface area contributed by atoms with Crippen molar-refractivity contribution in [3.63, 3.8) is 0 Å². The molecule has 0 aromatic carbocycles. The fourth-order valence-electron chi connectivity index (χ4n) is 2.58. The quantitative estimate of drug-likeness (QED) is 0.871. The summed E-state index contributed by atoms with van der Waals surface area (Å²) in [5.74, 6) is 0.715. The fraction of sp³-hybridized carbons (Fsp3) is 0.786. The van der Waals surface area contributed by atoms with Crippen LogP contribution in [0, 0.1) is 5.92 Å². The van der Waals surface area contributed by atoms with Crippen LogP contribution in [0.1, 0.15) is 38.7 Å². The summed E-state index contributed by atoms with van der Waals surface area (Å²) in [5.41, 5.74) is 1.25. The Morgan fingerprint density at radius 1 is 1.56 bits per heavy atom. The van der Waals surface area contributed by atoms with Crippen LogP contribution in [0.25, 0.3) is 0 Å². The van der Waals surface area contributed by atoms with Crippen LogP contribution in [0.2, 0.25) is 0 Å². The maximum Gasteiger partial charge on any atom is 0.0592 e. The predicted octanol–water partition coefficient (Wildman–Crippen LogP) is 2.10. The summed E-state index contributed by atoms with van der Waals surface area (Å²) in [5, 5.41) is 7.81. The van der Waals surface area contributed by atoms with E-state index in [0.717, 1.165) is 26.0 Å². The highest BCUT2D eigenvalue weighted by molar-refractivity contribution is 5.03. The topological polar surface area (TPSA) is 39.1 Å². The van der Waals surface area contributed by atoms with Crippen LogP contribution in [0.5, 0.6) is 0 Å². The molecule has 1 saturated heterocycles.